The molecule has 5 unspecified atom stereocenters. The summed E-state index contributed by atoms with van der Waals surface area (Å²) in [6.07, 6.45) is 9.93. The Morgan fingerprint density at radius 2 is 1.07 bits per heavy atom. The Morgan fingerprint density at radius 1 is 0.571 bits per heavy atom. The van der Waals surface area contributed by atoms with Crippen LogP contribution in [-0.4, -0.2) is 70.2 Å². The average Bonchev–Trinajstić information content (AvgIpc) is 3.50. The van der Waals surface area contributed by atoms with Crippen molar-refractivity contribution in [1.82, 2.24) is 0 Å². The van der Waals surface area contributed by atoms with Crippen LogP contribution in [0.5, 0.6) is 0 Å². The molecule has 3 heterocycles. The summed E-state index contributed by atoms with van der Waals surface area (Å²) < 4.78 is 41.9. The first kappa shape index (κ1) is 21.0. The minimum atomic E-state index is -0.266. The Hall–Kier alpha value is -0.280. The van der Waals surface area contributed by atoms with Crippen molar-refractivity contribution in [2.45, 2.75) is 101 Å². The fourth-order valence-corrected chi connectivity index (χ4v) is 4.34. The molecule has 1 saturated carbocycles. The number of rotatable bonds is 11. The van der Waals surface area contributed by atoms with E-state index in [1.807, 2.05) is 0 Å². The second kappa shape index (κ2) is 11.2. The maximum Gasteiger partial charge on any atom is 0.158 e. The van der Waals surface area contributed by atoms with Gasteiger partial charge >= 0.3 is 0 Å². The molecule has 1 aliphatic carbocycles. The van der Waals surface area contributed by atoms with Crippen LogP contribution >= 0.6 is 0 Å². The third-order valence-electron chi connectivity index (χ3n) is 5.98. The topological polar surface area (TPSA) is 64.6 Å². The zero-order chi connectivity index (χ0) is 19.0. The lowest BCUT2D eigenvalue weighted by atomic mass is 10.2. The SMILES string of the molecule is C1CCC(OCC(OC2CCCO2)C(COC2CCCO2)OC2CCCO2)C1. The van der Waals surface area contributed by atoms with Gasteiger partial charge in [-0.15, -0.1) is 0 Å². The smallest absolute Gasteiger partial charge is 0.158 e. The van der Waals surface area contributed by atoms with Gasteiger partial charge < -0.3 is 33.2 Å². The number of ether oxygens (including phenoxy) is 7. The van der Waals surface area contributed by atoms with Gasteiger partial charge in [-0.1, -0.05) is 12.8 Å². The molecule has 3 saturated heterocycles. The van der Waals surface area contributed by atoms with Gasteiger partial charge in [0.05, 0.1) is 19.3 Å². The van der Waals surface area contributed by atoms with Crippen molar-refractivity contribution in [2.24, 2.45) is 0 Å². The maximum atomic E-state index is 6.31. The first-order chi connectivity index (χ1) is 13.9. The predicted octanol–water partition coefficient (Wildman–Crippen LogP) is 3.14. The van der Waals surface area contributed by atoms with E-state index in [4.69, 9.17) is 33.2 Å². The van der Waals surface area contributed by atoms with Gasteiger partial charge in [-0.3, -0.25) is 0 Å². The number of hydrogen-bond acceptors (Lipinski definition) is 7. The molecule has 28 heavy (non-hydrogen) atoms. The van der Waals surface area contributed by atoms with E-state index in [1.165, 1.54) is 12.8 Å². The Morgan fingerprint density at radius 3 is 1.57 bits per heavy atom. The molecule has 0 radical (unpaired) electrons. The Balaban J connectivity index is 1.37. The van der Waals surface area contributed by atoms with Gasteiger partial charge in [-0.25, -0.2) is 0 Å². The van der Waals surface area contributed by atoms with Crippen molar-refractivity contribution in [2.75, 3.05) is 33.0 Å². The maximum absolute atomic E-state index is 6.31. The zero-order valence-electron chi connectivity index (χ0n) is 16.9. The molecule has 7 heteroatoms. The largest absolute Gasteiger partial charge is 0.375 e. The van der Waals surface area contributed by atoms with Gasteiger partial charge in [0.15, 0.2) is 18.9 Å². The van der Waals surface area contributed by atoms with Gasteiger partial charge in [0.25, 0.3) is 0 Å². The summed E-state index contributed by atoms with van der Waals surface area (Å²) in [5, 5.41) is 0. The summed E-state index contributed by atoms with van der Waals surface area (Å²) in [4.78, 5) is 0. The molecule has 0 aromatic carbocycles. The molecule has 0 bridgehead atoms. The second-order valence-corrected chi connectivity index (χ2v) is 8.25. The van der Waals surface area contributed by atoms with Crippen LogP contribution in [0.4, 0.5) is 0 Å². The lowest BCUT2D eigenvalue weighted by molar-refractivity contribution is -0.248. The second-order valence-electron chi connectivity index (χ2n) is 8.25. The van der Waals surface area contributed by atoms with Crippen LogP contribution in [0.1, 0.15) is 64.2 Å². The Kier molecular flexibility index (Phi) is 8.39. The van der Waals surface area contributed by atoms with E-state index in [9.17, 15) is 0 Å². The summed E-state index contributed by atoms with van der Waals surface area (Å²) in [7, 11) is 0. The summed E-state index contributed by atoms with van der Waals surface area (Å²) in [6.45, 7) is 3.18. The molecule has 5 atom stereocenters. The number of hydrogen-bond donors (Lipinski definition) is 0. The first-order valence-corrected chi connectivity index (χ1v) is 11.3. The lowest BCUT2D eigenvalue weighted by Gasteiger charge is -2.32. The monoisotopic (exact) mass is 400 g/mol. The normalized spacial score (nSPS) is 33.6. The predicted molar refractivity (Wildman–Crippen MR) is 101 cm³/mol. The van der Waals surface area contributed by atoms with Crippen molar-refractivity contribution in [3.63, 3.8) is 0 Å². The molecule has 4 rings (SSSR count). The molecule has 0 aromatic heterocycles. The van der Waals surface area contributed by atoms with Crippen LogP contribution in [0.3, 0.4) is 0 Å². The van der Waals surface area contributed by atoms with Crippen molar-refractivity contribution in [1.29, 1.82) is 0 Å². The highest BCUT2D eigenvalue weighted by Crippen LogP contribution is 2.26. The van der Waals surface area contributed by atoms with Crippen LogP contribution in [0, 0.1) is 0 Å². The van der Waals surface area contributed by atoms with Gasteiger partial charge in [0, 0.05) is 39.1 Å². The average molecular weight is 401 g/mol. The van der Waals surface area contributed by atoms with Crippen LogP contribution in [0.25, 0.3) is 0 Å². The van der Waals surface area contributed by atoms with Gasteiger partial charge in [0.1, 0.15) is 12.2 Å². The van der Waals surface area contributed by atoms with E-state index in [2.05, 4.69) is 0 Å². The van der Waals surface area contributed by atoms with Crippen molar-refractivity contribution < 1.29 is 33.2 Å². The third-order valence-corrected chi connectivity index (χ3v) is 5.98. The van der Waals surface area contributed by atoms with Gasteiger partial charge in [0.2, 0.25) is 0 Å². The lowest BCUT2D eigenvalue weighted by Crippen LogP contribution is -2.44. The molecular weight excluding hydrogens is 364 g/mol. The van der Waals surface area contributed by atoms with Gasteiger partial charge in [-0.2, -0.15) is 0 Å². The fourth-order valence-electron chi connectivity index (χ4n) is 4.34. The summed E-state index contributed by atoms with van der Waals surface area (Å²) >= 11 is 0. The van der Waals surface area contributed by atoms with E-state index in [0.717, 1.165) is 71.2 Å². The van der Waals surface area contributed by atoms with Gasteiger partial charge in [-0.05, 0) is 32.1 Å². The molecule has 0 aromatic rings. The quantitative estimate of drug-likeness (QED) is 0.528. The van der Waals surface area contributed by atoms with E-state index < -0.39 is 0 Å². The summed E-state index contributed by atoms with van der Waals surface area (Å²) in [5.74, 6) is 0. The minimum absolute atomic E-state index is 0.144. The van der Waals surface area contributed by atoms with E-state index in [0.29, 0.717) is 19.3 Å². The molecule has 0 amide bonds. The van der Waals surface area contributed by atoms with Crippen molar-refractivity contribution in [3.05, 3.63) is 0 Å². The minimum Gasteiger partial charge on any atom is -0.375 e. The molecule has 4 aliphatic rings. The molecule has 7 nitrogen and oxygen atoms in total. The molecule has 0 spiro atoms. The fraction of sp³-hybridized carbons (Fsp3) is 1.00. The first-order valence-electron chi connectivity index (χ1n) is 11.3. The van der Waals surface area contributed by atoms with E-state index >= 15 is 0 Å². The highest BCUT2D eigenvalue weighted by molar-refractivity contribution is 4.77. The standard InChI is InChI=1S/C21H36O7/c1-2-7-16(6-1)25-14-17(27-20-9-4-12-23-20)18(28-21-10-5-13-24-21)15-26-19-8-3-11-22-19/h16-21H,1-15H2. The van der Waals surface area contributed by atoms with E-state index in [1.54, 1.807) is 0 Å². The Bertz CT molecular complexity index is 384. The summed E-state index contributed by atoms with van der Waals surface area (Å²) in [6, 6.07) is 0. The van der Waals surface area contributed by atoms with Crippen molar-refractivity contribution >= 4 is 0 Å². The van der Waals surface area contributed by atoms with Crippen LogP contribution in [0.2, 0.25) is 0 Å². The third kappa shape index (κ3) is 6.36. The molecule has 3 aliphatic heterocycles. The molecule has 162 valence electrons. The zero-order valence-corrected chi connectivity index (χ0v) is 16.9. The van der Waals surface area contributed by atoms with E-state index in [-0.39, 0.29) is 31.1 Å². The van der Waals surface area contributed by atoms with Crippen LogP contribution in [0.15, 0.2) is 0 Å². The van der Waals surface area contributed by atoms with Crippen LogP contribution < -0.4 is 0 Å². The molecular formula is C21H36O7. The van der Waals surface area contributed by atoms with Crippen molar-refractivity contribution in [3.8, 4) is 0 Å². The molecule has 0 N–H and O–H groups in total. The molecule has 4 fully saturated rings. The highest BCUT2D eigenvalue weighted by Gasteiger charge is 2.34. The summed E-state index contributed by atoms with van der Waals surface area (Å²) in [5.41, 5.74) is 0. The van der Waals surface area contributed by atoms with Crippen LogP contribution in [-0.2, 0) is 33.2 Å². The Labute approximate surface area is 168 Å². The highest BCUT2D eigenvalue weighted by atomic mass is 16.7.